The molecule has 7 nitrogen and oxygen atoms in total. The molecule has 0 aliphatic carbocycles. The number of para-hydroxylation sites is 1. The fourth-order valence-corrected chi connectivity index (χ4v) is 2.81. The van der Waals surface area contributed by atoms with Crippen LogP contribution in [-0.2, 0) is 16.1 Å². The average Bonchev–Trinajstić information content (AvgIpc) is 2.78. The average molecular weight is 409 g/mol. The molecule has 0 aliphatic heterocycles. The fraction of sp³-hybridized carbons (Fsp3) is 0.391. The Morgan fingerprint density at radius 1 is 1.17 bits per heavy atom. The largest absolute Gasteiger partial charge is 0.477 e. The zero-order chi connectivity index (χ0) is 21.6. The smallest absolute Gasteiger partial charge is 0.227 e. The highest BCUT2D eigenvalue weighted by molar-refractivity contribution is 5.95. The van der Waals surface area contributed by atoms with E-state index in [9.17, 15) is 9.59 Å². The lowest BCUT2D eigenvalue weighted by molar-refractivity contribution is -0.125. The number of benzene rings is 1. The summed E-state index contributed by atoms with van der Waals surface area (Å²) in [5.41, 5.74) is 1.52. The van der Waals surface area contributed by atoms with Gasteiger partial charge in [0, 0.05) is 43.4 Å². The van der Waals surface area contributed by atoms with E-state index >= 15 is 0 Å². The molecule has 1 heterocycles. The molecule has 2 aromatic rings. The molecule has 0 atom stereocenters. The van der Waals surface area contributed by atoms with E-state index in [4.69, 9.17) is 10.00 Å². The van der Waals surface area contributed by atoms with Gasteiger partial charge in [0.2, 0.25) is 17.7 Å². The number of nitriles is 1. The number of hydrogen-bond acceptors (Lipinski definition) is 5. The molecule has 1 aromatic carbocycles. The maximum absolute atomic E-state index is 12.6. The van der Waals surface area contributed by atoms with E-state index in [1.807, 2.05) is 36.4 Å². The highest BCUT2D eigenvalue weighted by Crippen LogP contribution is 2.16. The molecule has 0 saturated carbocycles. The highest BCUT2D eigenvalue weighted by atomic mass is 16.5. The fourth-order valence-electron chi connectivity index (χ4n) is 2.81. The molecule has 30 heavy (non-hydrogen) atoms. The van der Waals surface area contributed by atoms with Gasteiger partial charge in [-0.2, -0.15) is 5.26 Å². The number of carbonyl (C=O) groups is 2. The first-order chi connectivity index (χ1) is 14.7. The number of nitrogens with zero attached hydrogens (tertiary/aromatic N) is 3. The summed E-state index contributed by atoms with van der Waals surface area (Å²) in [5, 5.41) is 11.7. The summed E-state index contributed by atoms with van der Waals surface area (Å²) in [6, 6.07) is 14.9. The molecular weight excluding hydrogens is 380 g/mol. The van der Waals surface area contributed by atoms with E-state index in [1.165, 1.54) is 0 Å². The van der Waals surface area contributed by atoms with Crippen molar-refractivity contribution in [3.8, 4) is 11.9 Å². The Morgan fingerprint density at radius 3 is 2.70 bits per heavy atom. The van der Waals surface area contributed by atoms with Crippen molar-refractivity contribution in [3.63, 3.8) is 0 Å². The number of carbonyl (C=O) groups excluding carboxylic acids is 2. The SMILES string of the molecule is CCCCOc1ncccc1CNC(=O)CCC(=O)N(CCC#N)c1ccccc1. The summed E-state index contributed by atoms with van der Waals surface area (Å²) in [5.74, 6) is 0.116. The zero-order valence-corrected chi connectivity index (χ0v) is 17.3. The van der Waals surface area contributed by atoms with Crippen molar-refractivity contribution in [3.05, 3.63) is 54.2 Å². The van der Waals surface area contributed by atoms with Gasteiger partial charge in [0.15, 0.2) is 0 Å². The lowest BCUT2D eigenvalue weighted by atomic mass is 10.2. The van der Waals surface area contributed by atoms with Gasteiger partial charge in [-0.1, -0.05) is 37.6 Å². The molecule has 0 unspecified atom stereocenters. The third-order valence-corrected chi connectivity index (χ3v) is 4.44. The van der Waals surface area contributed by atoms with Crippen molar-refractivity contribution in [1.82, 2.24) is 10.3 Å². The topological polar surface area (TPSA) is 95.3 Å². The minimum Gasteiger partial charge on any atom is -0.477 e. The Morgan fingerprint density at radius 2 is 1.97 bits per heavy atom. The Balaban J connectivity index is 1.86. The number of rotatable bonds is 12. The summed E-state index contributed by atoms with van der Waals surface area (Å²) >= 11 is 0. The molecule has 0 fully saturated rings. The highest BCUT2D eigenvalue weighted by Gasteiger charge is 2.17. The number of unbranched alkanes of at least 4 members (excludes halogenated alkanes) is 1. The molecule has 7 heteroatoms. The van der Waals surface area contributed by atoms with Crippen LogP contribution in [0.2, 0.25) is 0 Å². The van der Waals surface area contributed by atoms with Crippen molar-refractivity contribution in [1.29, 1.82) is 5.26 Å². The lowest BCUT2D eigenvalue weighted by Crippen LogP contribution is -2.33. The van der Waals surface area contributed by atoms with Crippen LogP contribution in [0.3, 0.4) is 0 Å². The van der Waals surface area contributed by atoms with Crippen LogP contribution < -0.4 is 15.0 Å². The summed E-state index contributed by atoms with van der Waals surface area (Å²) in [6.45, 7) is 3.26. The molecule has 2 rings (SSSR count). The molecule has 1 aromatic heterocycles. The van der Waals surface area contributed by atoms with Gasteiger partial charge in [-0.3, -0.25) is 9.59 Å². The van der Waals surface area contributed by atoms with Crippen LogP contribution in [0.4, 0.5) is 5.69 Å². The number of hydrogen-bond donors (Lipinski definition) is 1. The molecule has 0 bridgehead atoms. The van der Waals surface area contributed by atoms with E-state index in [0.717, 1.165) is 24.1 Å². The van der Waals surface area contributed by atoms with Crippen LogP contribution in [0.5, 0.6) is 5.88 Å². The molecule has 0 radical (unpaired) electrons. The minimum absolute atomic E-state index is 0.0685. The summed E-state index contributed by atoms with van der Waals surface area (Å²) in [7, 11) is 0. The van der Waals surface area contributed by atoms with Gasteiger partial charge in [-0.25, -0.2) is 4.98 Å². The number of amides is 2. The molecule has 0 spiro atoms. The standard InChI is InChI=1S/C23H28N4O3/c1-2-3-17-30-23-19(9-7-15-25-23)18-26-21(28)12-13-22(29)27(16-8-14-24)20-10-5-4-6-11-20/h4-7,9-11,15H,2-3,8,12-13,16-18H2,1H3,(H,26,28). The van der Waals surface area contributed by atoms with Crippen LogP contribution in [-0.4, -0.2) is 29.9 Å². The third-order valence-electron chi connectivity index (χ3n) is 4.44. The number of ether oxygens (including phenoxy) is 1. The summed E-state index contributed by atoms with van der Waals surface area (Å²) in [6.07, 6.45) is 3.99. The third kappa shape index (κ3) is 7.55. The normalized spacial score (nSPS) is 10.1. The van der Waals surface area contributed by atoms with Gasteiger partial charge < -0.3 is 15.0 Å². The van der Waals surface area contributed by atoms with E-state index in [1.54, 1.807) is 17.2 Å². The molecule has 158 valence electrons. The maximum Gasteiger partial charge on any atom is 0.227 e. The van der Waals surface area contributed by atoms with E-state index in [2.05, 4.69) is 23.3 Å². The zero-order valence-electron chi connectivity index (χ0n) is 17.3. The number of aromatic nitrogens is 1. The van der Waals surface area contributed by atoms with Crippen molar-refractivity contribution in [2.24, 2.45) is 0 Å². The van der Waals surface area contributed by atoms with Crippen LogP contribution >= 0.6 is 0 Å². The van der Waals surface area contributed by atoms with Gasteiger partial charge in [0.25, 0.3) is 0 Å². The van der Waals surface area contributed by atoms with Crippen LogP contribution in [0, 0.1) is 11.3 Å². The minimum atomic E-state index is -0.222. The maximum atomic E-state index is 12.6. The van der Waals surface area contributed by atoms with Crippen LogP contribution in [0.25, 0.3) is 0 Å². The van der Waals surface area contributed by atoms with Crippen molar-refractivity contribution in [2.75, 3.05) is 18.1 Å². The molecule has 0 aliphatic rings. The van der Waals surface area contributed by atoms with Crippen LogP contribution in [0.1, 0.15) is 44.6 Å². The van der Waals surface area contributed by atoms with Crippen LogP contribution in [0.15, 0.2) is 48.7 Å². The monoisotopic (exact) mass is 408 g/mol. The van der Waals surface area contributed by atoms with Crippen molar-refractivity contribution < 1.29 is 14.3 Å². The first-order valence-electron chi connectivity index (χ1n) is 10.2. The molecule has 0 saturated heterocycles. The van der Waals surface area contributed by atoms with Gasteiger partial charge in [0.05, 0.1) is 19.1 Å². The predicted octanol–water partition coefficient (Wildman–Crippen LogP) is 3.60. The second kappa shape index (κ2) is 12.9. The molecule has 2 amide bonds. The summed E-state index contributed by atoms with van der Waals surface area (Å²) < 4.78 is 5.68. The lowest BCUT2D eigenvalue weighted by Gasteiger charge is -2.21. The van der Waals surface area contributed by atoms with E-state index in [-0.39, 0.29) is 31.1 Å². The first-order valence-corrected chi connectivity index (χ1v) is 10.2. The Kier molecular flexibility index (Phi) is 9.87. The first kappa shape index (κ1) is 22.9. The van der Waals surface area contributed by atoms with E-state index in [0.29, 0.717) is 25.6 Å². The second-order valence-electron chi connectivity index (χ2n) is 6.74. The Labute approximate surface area is 177 Å². The number of anilines is 1. The van der Waals surface area contributed by atoms with E-state index < -0.39 is 0 Å². The molecular formula is C23H28N4O3. The summed E-state index contributed by atoms with van der Waals surface area (Å²) in [4.78, 5) is 30.7. The Bertz CT molecular complexity index is 849. The van der Waals surface area contributed by atoms with Crippen molar-refractivity contribution in [2.45, 2.75) is 45.6 Å². The van der Waals surface area contributed by atoms with Gasteiger partial charge in [-0.15, -0.1) is 0 Å². The van der Waals surface area contributed by atoms with Gasteiger partial charge in [-0.05, 0) is 24.6 Å². The number of pyridine rings is 1. The van der Waals surface area contributed by atoms with Gasteiger partial charge in [0.1, 0.15) is 0 Å². The quantitative estimate of drug-likeness (QED) is 0.541. The van der Waals surface area contributed by atoms with Crippen molar-refractivity contribution >= 4 is 17.5 Å². The Hall–Kier alpha value is -3.40. The molecule has 1 N–H and O–H groups in total. The van der Waals surface area contributed by atoms with Gasteiger partial charge >= 0.3 is 0 Å². The predicted molar refractivity (Wildman–Crippen MR) is 115 cm³/mol. The number of nitrogens with one attached hydrogen (secondary N) is 1. The second-order valence-corrected chi connectivity index (χ2v) is 6.74.